The van der Waals surface area contributed by atoms with Gasteiger partial charge in [-0.25, -0.2) is 4.79 Å². The Morgan fingerprint density at radius 2 is 1.79 bits per heavy atom. The number of likely N-dealkylation sites (tertiary alicyclic amines) is 1. The topological polar surface area (TPSA) is 78.0 Å². The Morgan fingerprint density at radius 1 is 1.17 bits per heavy atom. The van der Waals surface area contributed by atoms with E-state index in [1.54, 1.807) is 23.2 Å². The van der Waals surface area contributed by atoms with Crippen LogP contribution in [-0.4, -0.2) is 58.3 Å². The van der Waals surface area contributed by atoms with Crippen molar-refractivity contribution in [2.24, 2.45) is 0 Å². The van der Waals surface area contributed by atoms with Crippen LogP contribution in [0.2, 0.25) is 0 Å². The minimum Gasteiger partial charge on any atom is -0.458 e. The molecule has 2 saturated heterocycles. The molecule has 0 N–H and O–H groups in total. The Kier molecular flexibility index (Phi) is 5.56. The fourth-order valence-electron chi connectivity index (χ4n) is 3.42. The van der Waals surface area contributed by atoms with Gasteiger partial charge in [-0.3, -0.25) is 9.78 Å². The van der Waals surface area contributed by atoms with Crippen LogP contribution in [0.25, 0.3) is 0 Å². The molecule has 3 rings (SSSR count). The minimum atomic E-state index is -0.586. The average molecular weight is 402 g/mol. The van der Waals surface area contributed by atoms with E-state index in [4.69, 9.17) is 14.0 Å². The van der Waals surface area contributed by atoms with Crippen molar-refractivity contribution in [1.82, 2.24) is 9.88 Å². The van der Waals surface area contributed by atoms with Crippen LogP contribution in [0.5, 0.6) is 0 Å². The zero-order valence-corrected chi connectivity index (χ0v) is 18.4. The quantitative estimate of drug-likeness (QED) is 0.571. The average Bonchev–Trinajstić information content (AvgIpc) is 3.16. The predicted molar refractivity (Wildman–Crippen MR) is 110 cm³/mol. The van der Waals surface area contributed by atoms with Crippen molar-refractivity contribution in [3.05, 3.63) is 24.0 Å². The van der Waals surface area contributed by atoms with E-state index >= 15 is 0 Å². The lowest BCUT2D eigenvalue weighted by Gasteiger charge is -2.32. The van der Waals surface area contributed by atoms with Crippen LogP contribution in [-0.2, 0) is 18.8 Å². The number of hydrogen-bond donors (Lipinski definition) is 0. The van der Waals surface area contributed by atoms with Gasteiger partial charge in [-0.05, 0) is 67.4 Å². The number of pyridine rings is 1. The number of ether oxygens (including phenoxy) is 1. The van der Waals surface area contributed by atoms with Crippen molar-refractivity contribution < 1.29 is 23.6 Å². The molecule has 7 nitrogen and oxygen atoms in total. The van der Waals surface area contributed by atoms with Crippen molar-refractivity contribution in [1.29, 1.82) is 0 Å². The summed E-state index contributed by atoms with van der Waals surface area (Å²) < 4.78 is 17.5. The van der Waals surface area contributed by atoms with Gasteiger partial charge in [0.05, 0.1) is 11.2 Å². The molecular weight excluding hydrogens is 371 g/mol. The summed E-state index contributed by atoms with van der Waals surface area (Å²) in [5, 5.41) is 0. The Labute approximate surface area is 173 Å². The summed E-state index contributed by atoms with van der Waals surface area (Å²) in [4.78, 5) is 31.3. The Hall–Kier alpha value is -1.93. The van der Waals surface area contributed by atoms with Gasteiger partial charge in [0.2, 0.25) is 0 Å². The molecule has 0 saturated carbocycles. The first kappa shape index (κ1) is 21.8. The van der Waals surface area contributed by atoms with E-state index in [2.05, 4.69) is 4.98 Å². The summed E-state index contributed by atoms with van der Waals surface area (Å²) in [6, 6.07) is 2.89. The van der Waals surface area contributed by atoms with Crippen molar-refractivity contribution in [3.8, 4) is 0 Å². The van der Waals surface area contributed by atoms with E-state index in [0.29, 0.717) is 18.7 Å². The second-order valence-corrected chi connectivity index (χ2v) is 9.76. The van der Waals surface area contributed by atoms with Gasteiger partial charge in [-0.2, -0.15) is 0 Å². The van der Waals surface area contributed by atoms with E-state index in [1.165, 1.54) is 0 Å². The molecule has 2 fully saturated rings. The molecule has 158 valence electrons. The van der Waals surface area contributed by atoms with Crippen LogP contribution < -0.4 is 5.46 Å². The molecular formula is C21H31BN2O5. The maximum atomic E-state index is 13.0. The molecule has 0 unspecified atom stereocenters. The number of nitrogens with zero attached hydrogens (tertiary/aromatic N) is 2. The zero-order chi connectivity index (χ0) is 21.6. The van der Waals surface area contributed by atoms with Crippen molar-refractivity contribution in [2.45, 2.75) is 84.2 Å². The lowest BCUT2D eigenvalue weighted by molar-refractivity contribution is -0.159. The SMILES string of the molecule is CC(C)(C)OC(=O)[C@H]1CCCN1C(=O)c1ccc(B2OC(C)(C)C(C)(C)O2)cn1. The molecule has 1 aromatic rings. The van der Waals surface area contributed by atoms with Crippen LogP contribution in [0.3, 0.4) is 0 Å². The Bertz CT molecular complexity index is 769. The van der Waals surface area contributed by atoms with Gasteiger partial charge in [-0.15, -0.1) is 0 Å². The smallest absolute Gasteiger partial charge is 0.458 e. The van der Waals surface area contributed by atoms with Gasteiger partial charge >= 0.3 is 13.1 Å². The van der Waals surface area contributed by atoms with Gasteiger partial charge in [0.1, 0.15) is 17.3 Å². The highest BCUT2D eigenvalue weighted by Gasteiger charge is 2.51. The number of esters is 1. The highest BCUT2D eigenvalue weighted by molar-refractivity contribution is 6.62. The maximum Gasteiger partial charge on any atom is 0.496 e. The zero-order valence-electron chi connectivity index (χ0n) is 18.4. The summed E-state index contributed by atoms with van der Waals surface area (Å²) >= 11 is 0. The van der Waals surface area contributed by atoms with Crippen molar-refractivity contribution >= 4 is 24.5 Å². The fourth-order valence-corrected chi connectivity index (χ4v) is 3.42. The fraction of sp³-hybridized carbons (Fsp3) is 0.667. The van der Waals surface area contributed by atoms with Crippen LogP contribution in [0.4, 0.5) is 0 Å². The standard InChI is InChI=1S/C21H31BN2O5/c1-19(2,3)27-18(26)16-9-8-12-24(16)17(25)15-11-10-14(13-23-15)22-28-20(4,5)21(6,7)29-22/h10-11,13,16H,8-9,12H2,1-7H3/t16-/m1/s1. The van der Waals surface area contributed by atoms with Gasteiger partial charge in [-0.1, -0.05) is 6.07 Å². The summed E-state index contributed by atoms with van der Waals surface area (Å²) in [6.07, 6.45) is 2.97. The second kappa shape index (κ2) is 7.40. The van der Waals surface area contributed by atoms with Gasteiger partial charge in [0, 0.05) is 18.2 Å². The monoisotopic (exact) mass is 402 g/mol. The molecule has 2 aliphatic rings. The molecule has 0 aliphatic carbocycles. The van der Waals surface area contributed by atoms with Gasteiger partial charge in [0.15, 0.2) is 0 Å². The molecule has 3 heterocycles. The van der Waals surface area contributed by atoms with E-state index in [-0.39, 0.29) is 11.9 Å². The molecule has 2 aliphatic heterocycles. The Morgan fingerprint density at radius 3 is 2.31 bits per heavy atom. The summed E-state index contributed by atoms with van der Waals surface area (Å²) in [5.41, 5.74) is -0.423. The summed E-state index contributed by atoms with van der Waals surface area (Å²) in [5.74, 6) is -0.629. The molecule has 1 amide bonds. The number of amides is 1. The second-order valence-electron chi connectivity index (χ2n) is 9.76. The summed E-state index contributed by atoms with van der Waals surface area (Å²) in [7, 11) is -0.530. The first-order valence-corrected chi connectivity index (χ1v) is 10.2. The third kappa shape index (κ3) is 4.48. The molecule has 29 heavy (non-hydrogen) atoms. The third-order valence-corrected chi connectivity index (χ3v) is 5.72. The molecule has 1 aromatic heterocycles. The van der Waals surface area contributed by atoms with E-state index < -0.39 is 30.0 Å². The van der Waals surface area contributed by atoms with Gasteiger partial charge in [0.25, 0.3) is 5.91 Å². The Balaban J connectivity index is 1.71. The lowest BCUT2D eigenvalue weighted by atomic mass is 9.80. The predicted octanol–water partition coefficient (Wildman–Crippen LogP) is 2.33. The molecule has 0 spiro atoms. The normalized spacial score (nSPS) is 23.3. The maximum absolute atomic E-state index is 13.0. The van der Waals surface area contributed by atoms with Crippen molar-refractivity contribution in [3.63, 3.8) is 0 Å². The largest absolute Gasteiger partial charge is 0.496 e. The molecule has 0 aromatic carbocycles. The van der Waals surface area contributed by atoms with E-state index in [0.717, 1.165) is 11.9 Å². The van der Waals surface area contributed by atoms with Crippen LogP contribution in [0, 0.1) is 0 Å². The number of carbonyl (C=O) groups is 2. The number of hydrogen-bond acceptors (Lipinski definition) is 6. The van der Waals surface area contributed by atoms with Crippen LogP contribution in [0.15, 0.2) is 18.3 Å². The highest BCUT2D eigenvalue weighted by Crippen LogP contribution is 2.36. The molecule has 8 heteroatoms. The molecule has 0 bridgehead atoms. The molecule has 0 radical (unpaired) electrons. The lowest BCUT2D eigenvalue weighted by Crippen LogP contribution is -2.44. The number of rotatable bonds is 3. The third-order valence-electron chi connectivity index (χ3n) is 5.72. The number of aromatic nitrogens is 1. The van der Waals surface area contributed by atoms with Crippen molar-refractivity contribution in [2.75, 3.05) is 6.54 Å². The first-order chi connectivity index (χ1) is 13.3. The van der Waals surface area contributed by atoms with Crippen LogP contribution >= 0.6 is 0 Å². The highest BCUT2D eigenvalue weighted by atomic mass is 16.7. The first-order valence-electron chi connectivity index (χ1n) is 10.2. The minimum absolute atomic E-state index is 0.265. The van der Waals surface area contributed by atoms with E-state index in [1.807, 2.05) is 48.5 Å². The van der Waals surface area contributed by atoms with E-state index in [9.17, 15) is 9.59 Å². The van der Waals surface area contributed by atoms with Crippen LogP contribution in [0.1, 0.15) is 71.8 Å². The molecule has 1 atom stereocenters. The summed E-state index contributed by atoms with van der Waals surface area (Å²) in [6.45, 7) is 13.9. The van der Waals surface area contributed by atoms with Gasteiger partial charge < -0.3 is 18.9 Å². The number of carbonyl (C=O) groups excluding carboxylic acids is 2.